The van der Waals surface area contributed by atoms with Crippen molar-refractivity contribution in [3.63, 3.8) is 0 Å². The molecule has 1 saturated carbocycles. The van der Waals surface area contributed by atoms with Crippen LogP contribution in [0, 0.1) is 0 Å². The molecule has 2 rings (SSSR count). The third kappa shape index (κ3) is 2.95. The number of hydrogen-bond acceptors (Lipinski definition) is 2. The van der Waals surface area contributed by atoms with Gasteiger partial charge in [0.1, 0.15) is 11.9 Å². The second kappa shape index (κ2) is 4.99. The Morgan fingerprint density at radius 2 is 2.07 bits per heavy atom. The number of aliphatic hydroxyl groups excluding tert-OH is 1. The van der Waals surface area contributed by atoms with Crippen LogP contribution >= 0.6 is 15.9 Å². The van der Waals surface area contributed by atoms with E-state index >= 15 is 0 Å². The number of halogens is 1. The maximum absolute atomic E-state index is 9.76. The molecular weight excluding hydrogens is 256 g/mol. The van der Waals surface area contributed by atoms with Gasteiger partial charge in [-0.05, 0) is 37.5 Å². The second-order valence-corrected chi connectivity index (χ2v) is 4.88. The fourth-order valence-electron chi connectivity index (χ4n) is 1.93. The van der Waals surface area contributed by atoms with Crippen molar-refractivity contribution in [2.45, 2.75) is 37.9 Å². The minimum Gasteiger partial charge on any atom is -0.488 e. The summed E-state index contributed by atoms with van der Waals surface area (Å²) in [6.45, 7) is 0. The largest absolute Gasteiger partial charge is 0.488 e. The molecule has 3 heteroatoms. The second-order valence-electron chi connectivity index (χ2n) is 3.97. The highest BCUT2D eigenvalue weighted by molar-refractivity contribution is 9.10. The molecule has 15 heavy (non-hydrogen) atoms. The van der Waals surface area contributed by atoms with Crippen molar-refractivity contribution in [3.05, 3.63) is 28.7 Å². The van der Waals surface area contributed by atoms with E-state index in [-0.39, 0.29) is 12.2 Å². The first kappa shape index (κ1) is 11.0. The molecule has 0 heterocycles. The Hall–Kier alpha value is -0.540. The van der Waals surface area contributed by atoms with Gasteiger partial charge in [0.2, 0.25) is 0 Å². The van der Waals surface area contributed by atoms with Crippen molar-refractivity contribution in [1.82, 2.24) is 0 Å². The van der Waals surface area contributed by atoms with Gasteiger partial charge in [-0.1, -0.05) is 28.4 Å². The van der Waals surface area contributed by atoms with Gasteiger partial charge in [0.25, 0.3) is 0 Å². The van der Waals surface area contributed by atoms with Crippen LogP contribution in [0.2, 0.25) is 0 Å². The third-order valence-corrected chi connectivity index (χ3v) is 3.24. The van der Waals surface area contributed by atoms with Crippen LogP contribution in [-0.4, -0.2) is 17.3 Å². The van der Waals surface area contributed by atoms with E-state index in [4.69, 9.17) is 4.74 Å². The molecule has 82 valence electrons. The van der Waals surface area contributed by atoms with E-state index in [1.807, 2.05) is 24.3 Å². The van der Waals surface area contributed by atoms with Crippen molar-refractivity contribution in [2.24, 2.45) is 0 Å². The van der Waals surface area contributed by atoms with E-state index in [1.165, 1.54) is 0 Å². The molecule has 1 aromatic rings. The van der Waals surface area contributed by atoms with E-state index in [9.17, 15) is 5.11 Å². The molecule has 0 amide bonds. The number of benzene rings is 1. The molecule has 0 aromatic heterocycles. The van der Waals surface area contributed by atoms with E-state index < -0.39 is 0 Å². The summed E-state index contributed by atoms with van der Waals surface area (Å²) < 4.78 is 6.77. The van der Waals surface area contributed by atoms with Gasteiger partial charge in [-0.15, -0.1) is 0 Å². The van der Waals surface area contributed by atoms with E-state index in [1.54, 1.807) is 0 Å². The molecule has 1 aliphatic carbocycles. The molecule has 1 aromatic carbocycles. The standard InChI is InChI=1S/C12H15BrO2/c13-9-4-3-5-10(8-9)15-12-7-2-1-6-11(12)14/h3-5,8,11-12,14H,1-2,6-7H2/t11-,12-/m0/s1. The Balaban J connectivity index is 2.01. The molecule has 2 nitrogen and oxygen atoms in total. The number of rotatable bonds is 2. The summed E-state index contributed by atoms with van der Waals surface area (Å²) in [5.74, 6) is 0.829. The molecule has 1 aliphatic rings. The van der Waals surface area contributed by atoms with Gasteiger partial charge in [-0.25, -0.2) is 0 Å². The van der Waals surface area contributed by atoms with Crippen LogP contribution in [0.5, 0.6) is 5.75 Å². The van der Waals surface area contributed by atoms with Gasteiger partial charge >= 0.3 is 0 Å². The molecule has 2 atom stereocenters. The van der Waals surface area contributed by atoms with E-state index in [2.05, 4.69) is 15.9 Å². The average molecular weight is 271 g/mol. The van der Waals surface area contributed by atoms with Gasteiger partial charge < -0.3 is 9.84 Å². The summed E-state index contributed by atoms with van der Waals surface area (Å²) >= 11 is 3.40. The number of hydrogen-bond donors (Lipinski definition) is 1. The van der Waals surface area contributed by atoms with Crippen molar-refractivity contribution < 1.29 is 9.84 Å². The molecule has 0 unspecified atom stereocenters. The zero-order chi connectivity index (χ0) is 10.7. The van der Waals surface area contributed by atoms with Crippen LogP contribution < -0.4 is 4.74 Å². The first-order valence-corrected chi connectivity index (χ1v) is 6.15. The van der Waals surface area contributed by atoms with E-state index in [0.29, 0.717) is 0 Å². The summed E-state index contributed by atoms with van der Waals surface area (Å²) in [6, 6.07) is 7.76. The smallest absolute Gasteiger partial charge is 0.124 e. The minimum atomic E-state index is -0.308. The molecule has 1 N–H and O–H groups in total. The normalized spacial score (nSPS) is 26.3. The average Bonchev–Trinajstić information content (AvgIpc) is 2.22. The highest BCUT2D eigenvalue weighted by Gasteiger charge is 2.24. The fraction of sp³-hybridized carbons (Fsp3) is 0.500. The van der Waals surface area contributed by atoms with Crippen LogP contribution in [0.25, 0.3) is 0 Å². The Morgan fingerprint density at radius 1 is 1.27 bits per heavy atom. The zero-order valence-corrected chi connectivity index (χ0v) is 10.1. The van der Waals surface area contributed by atoms with Crippen LogP contribution in [-0.2, 0) is 0 Å². The van der Waals surface area contributed by atoms with E-state index in [0.717, 1.165) is 35.9 Å². The topological polar surface area (TPSA) is 29.5 Å². The molecule has 0 aliphatic heterocycles. The van der Waals surface area contributed by atoms with Gasteiger partial charge in [-0.2, -0.15) is 0 Å². The zero-order valence-electron chi connectivity index (χ0n) is 8.53. The first-order valence-electron chi connectivity index (χ1n) is 5.36. The monoisotopic (exact) mass is 270 g/mol. The molecule has 0 radical (unpaired) electrons. The Labute approximate surface area is 98.4 Å². The minimum absolute atomic E-state index is 0.0342. The lowest BCUT2D eigenvalue weighted by Crippen LogP contribution is -2.34. The van der Waals surface area contributed by atoms with Crippen LogP contribution in [0.1, 0.15) is 25.7 Å². The predicted molar refractivity (Wildman–Crippen MR) is 63.0 cm³/mol. The summed E-state index contributed by atoms with van der Waals surface area (Å²) in [7, 11) is 0. The maximum Gasteiger partial charge on any atom is 0.124 e. The Morgan fingerprint density at radius 3 is 2.80 bits per heavy atom. The molecule has 1 fully saturated rings. The van der Waals surface area contributed by atoms with Crippen molar-refractivity contribution in [2.75, 3.05) is 0 Å². The van der Waals surface area contributed by atoms with Crippen molar-refractivity contribution >= 4 is 15.9 Å². The van der Waals surface area contributed by atoms with Crippen LogP contribution in [0.4, 0.5) is 0 Å². The first-order chi connectivity index (χ1) is 7.25. The molecule has 0 bridgehead atoms. The Kier molecular flexibility index (Phi) is 3.65. The lowest BCUT2D eigenvalue weighted by molar-refractivity contribution is 0.00685. The summed E-state index contributed by atoms with van der Waals surface area (Å²) in [6.07, 6.45) is 3.73. The van der Waals surface area contributed by atoms with Crippen molar-refractivity contribution in [1.29, 1.82) is 0 Å². The third-order valence-electron chi connectivity index (χ3n) is 2.75. The SMILES string of the molecule is O[C@H]1CCCC[C@@H]1Oc1cccc(Br)c1. The lowest BCUT2D eigenvalue weighted by atomic mass is 9.95. The lowest BCUT2D eigenvalue weighted by Gasteiger charge is -2.28. The van der Waals surface area contributed by atoms with Gasteiger partial charge in [0, 0.05) is 4.47 Å². The van der Waals surface area contributed by atoms with Gasteiger partial charge in [-0.3, -0.25) is 0 Å². The molecule has 0 saturated heterocycles. The number of ether oxygens (including phenoxy) is 1. The van der Waals surface area contributed by atoms with Crippen LogP contribution in [0.15, 0.2) is 28.7 Å². The van der Waals surface area contributed by atoms with Gasteiger partial charge in [0.15, 0.2) is 0 Å². The van der Waals surface area contributed by atoms with Crippen molar-refractivity contribution in [3.8, 4) is 5.75 Å². The number of aliphatic hydroxyl groups is 1. The summed E-state index contributed by atoms with van der Waals surface area (Å²) in [5.41, 5.74) is 0. The maximum atomic E-state index is 9.76. The highest BCUT2D eigenvalue weighted by atomic mass is 79.9. The Bertz CT molecular complexity index is 327. The predicted octanol–water partition coefficient (Wildman–Crippen LogP) is 3.13. The highest BCUT2D eigenvalue weighted by Crippen LogP contribution is 2.25. The molecule has 0 spiro atoms. The van der Waals surface area contributed by atoms with Gasteiger partial charge in [0.05, 0.1) is 6.10 Å². The quantitative estimate of drug-likeness (QED) is 0.895. The molecular formula is C12H15BrO2. The fourth-order valence-corrected chi connectivity index (χ4v) is 2.31. The summed E-state index contributed by atoms with van der Waals surface area (Å²) in [5, 5.41) is 9.76. The summed E-state index contributed by atoms with van der Waals surface area (Å²) in [4.78, 5) is 0. The van der Waals surface area contributed by atoms with Crippen LogP contribution in [0.3, 0.4) is 0 Å².